The standard InChI is InChI=1S/C10H22NO5P/c1-4-14-10(12)9(11)7-8-17(13,15-5-2)16-6-3/h9H,4-8,11H2,1-3H3/t9-/m1/s1. The van der Waals surface area contributed by atoms with Crippen LogP contribution in [0.1, 0.15) is 27.2 Å². The number of hydrogen-bond acceptors (Lipinski definition) is 6. The van der Waals surface area contributed by atoms with Crippen LogP contribution < -0.4 is 5.73 Å². The molecule has 0 spiro atoms. The molecule has 0 fully saturated rings. The van der Waals surface area contributed by atoms with E-state index < -0.39 is 19.6 Å². The van der Waals surface area contributed by atoms with E-state index in [1.165, 1.54) is 0 Å². The van der Waals surface area contributed by atoms with Crippen LogP contribution in [0, 0.1) is 0 Å². The molecule has 0 unspecified atom stereocenters. The van der Waals surface area contributed by atoms with Crippen LogP contribution in [0.5, 0.6) is 0 Å². The molecular weight excluding hydrogens is 245 g/mol. The Kier molecular flexibility index (Phi) is 8.43. The van der Waals surface area contributed by atoms with Crippen LogP contribution in [0.2, 0.25) is 0 Å². The van der Waals surface area contributed by atoms with Crippen LogP contribution in [0.4, 0.5) is 0 Å². The van der Waals surface area contributed by atoms with E-state index in [1.807, 2.05) is 0 Å². The van der Waals surface area contributed by atoms with Crippen LogP contribution in [0.15, 0.2) is 0 Å². The van der Waals surface area contributed by atoms with E-state index in [1.54, 1.807) is 20.8 Å². The van der Waals surface area contributed by atoms with E-state index in [-0.39, 0.29) is 19.2 Å². The molecule has 0 aromatic carbocycles. The zero-order valence-electron chi connectivity index (χ0n) is 10.7. The lowest BCUT2D eigenvalue weighted by Gasteiger charge is -2.18. The smallest absolute Gasteiger partial charge is 0.330 e. The van der Waals surface area contributed by atoms with E-state index in [4.69, 9.17) is 19.5 Å². The first-order chi connectivity index (χ1) is 7.99. The van der Waals surface area contributed by atoms with Crippen LogP contribution in [0.3, 0.4) is 0 Å². The van der Waals surface area contributed by atoms with Crippen molar-refractivity contribution in [2.24, 2.45) is 5.73 Å². The van der Waals surface area contributed by atoms with Crippen molar-refractivity contribution in [2.75, 3.05) is 26.0 Å². The molecule has 0 heterocycles. The molecule has 7 heteroatoms. The topological polar surface area (TPSA) is 87.9 Å². The molecule has 0 aliphatic heterocycles. The molecule has 6 nitrogen and oxygen atoms in total. The SMILES string of the molecule is CCOC(=O)[C@H](N)CCP(=O)(OCC)OCC. The van der Waals surface area contributed by atoms with Crippen molar-refractivity contribution >= 4 is 13.6 Å². The number of carbonyl (C=O) groups is 1. The minimum absolute atomic E-state index is 0.120. The third kappa shape index (κ3) is 6.78. The maximum atomic E-state index is 12.0. The monoisotopic (exact) mass is 267 g/mol. The van der Waals surface area contributed by atoms with Gasteiger partial charge in [0.2, 0.25) is 0 Å². The average molecular weight is 267 g/mol. The molecule has 0 rings (SSSR count). The molecule has 0 aliphatic carbocycles. The van der Waals surface area contributed by atoms with E-state index in [2.05, 4.69) is 0 Å². The van der Waals surface area contributed by atoms with Crippen molar-refractivity contribution in [1.29, 1.82) is 0 Å². The molecular formula is C10H22NO5P. The van der Waals surface area contributed by atoms with Gasteiger partial charge in [-0.2, -0.15) is 0 Å². The highest BCUT2D eigenvalue weighted by atomic mass is 31.2. The molecule has 0 bridgehead atoms. The molecule has 2 N–H and O–H groups in total. The maximum absolute atomic E-state index is 12.0. The summed E-state index contributed by atoms with van der Waals surface area (Å²) in [5.74, 6) is -0.493. The highest BCUT2D eigenvalue weighted by molar-refractivity contribution is 7.53. The van der Waals surface area contributed by atoms with Gasteiger partial charge < -0.3 is 19.5 Å². The van der Waals surface area contributed by atoms with Crippen molar-refractivity contribution in [3.63, 3.8) is 0 Å². The number of carbonyl (C=O) groups excluding carboxylic acids is 1. The van der Waals surface area contributed by atoms with Gasteiger partial charge in [0.15, 0.2) is 0 Å². The molecule has 102 valence electrons. The fraction of sp³-hybridized carbons (Fsp3) is 0.900. The minimum atomic E-state index is -3.12. The van der Waals surface area contributed by atoms with E-state index in [9.17, 15) is 9.36 Å². The van der Waals surface area contributed by atoms with Crippen molar-refractivity contribution in [3.05, 3.63) is 0 Å². The van der Waals surface area contributed by atoms with Gasteiger partial charge in [-0.1, -0.05) is 0 Å². The second-order valence-electron chi connectivity index (χ2n) is 3.32. The Hall–Kier alpha value is -0.420. The zero-order valence-corrected chi connectivity index (χ0v) is 11.6. The van der Waals surface area contributed by atoms with Gasteiger partial charge in [-0.3, -0.25) is 9.36 Å². The van der Waals surface area contributed by atoms with Gasteiger partial charge in [0.05, 0.1) is 26.0 Å². The summed E-state index contributed by atoms with van der Waals surface area (Å²) in [6.45, 7) is 6.04. The summed E-state index contributed by atoms with van der Waals surface area (Å²) in [6.07, 6.45) is 0.338. The zero-order chi connectivity index (χ0) is 13.3. The number of ether oxygens (including phenoxy) is 1. The number of nitrogens with two attached hydrogens (primary N) is 1. The largest absolute Gasteiger partial charge is 0.465 e. The molecule has 17 heavy (non-hydrogen) atoms. The summed E-state index contributed by atoms with van der Waals surface area (Å²) < 4.78 is 27.0. The van der Waals surface area contributed by atoms with E-state index >= 15 is 0 Å². The van der Waals surface area contributed by atoms with E-state index in [0.717, 1.165) is 0 Å². The first-order valence-corrected chi connectivity index (χ1v) is 7.52. The predicted octanol–water partition coefficient (Wildman–Crippen LogP) is 1.53. The van der Waals surface area contributed by atoms with Gasteiger partial charge in [0, 0.05) is 0 Å². The van der Waals surface area contributed by atoms with Crippen molar-refractivity contribution in [3.8, 4) is 0 Å². The van der Waals surface area contributed by atoms with Gasteiger partial charge in [0.1, 0.15) is 6.04 Å². The summed E-state index contributed by atoms with van der Waals surface area (Å²) >= 11 is 0. The molecule has 1 atom stereocenters. The first-order valence-electron chi connectivity index (χ1n) is 5.79. The minimum Gasteiger partial charge on any atom is -0.465 e. The second-order valence-corrected chi connectivity index (χ2v) is 5.50. The van der Waals surface area contributed by atoms with Gasteiger partial charge in [0.25, 0.3) is 0 Å². The van der Waals surface area contributed by atoms with Crippen LogP contribution in [-0.2, 0) is 23.1 Å². The lowest BCUT2D eigenvalue weighted by atomic mass is 10.2. The van der Waals surface area contributed by atoms with Gasteiger partial charge in [-0.15, -0.1) is 0 Å². The van der Waals surface area contributed by atoms with Gasteiger partial charge in [-0.05, 0) is 27.2 Å². The van der Waals surface area contributed by atoms with Crippen LogP contribution in [-0.4, -0.2) is 38.0 Å². The highest BCUT2D eigenvalue weighted by Crippen LogP contribution is 2.48. The Labute approximate surface area is 102 Å². The normalized spacial score (nSPS) is 13.4. The van der Waals surface area contributed by atoms with Crippen molar-refractivity contribution in [1.82, 2.24) is 0 Å². The Morgan fingerprint density at radius 2 is 1.71 bits per heavy atom. The summed E-state index contributed by atoms with van der Waals surface area (Å²) in [5.41, 5.74) is 5.60. The maximum Gasteiger partial charge on any atom is 0.330 e. The number of esters is 1. The fourth-order valence-corrected chi connectivity index (χ4v) is 2.94. The van der Waals surface area contributed by atoms with E-state index in [0.29, 0.717) is 13.2 Å². The highest BCUT2D eigenvalue weighted by Gasteiger charge is 2.26. The average Bonchev–Trinajstić information content (AvgIpc) is 2.27. The Bertz CT molecular complexity index is 261. The molecule has 0 aliphatic rings. The fourth-order valence-electron chi connectivity index (χ4n) is 1.22. The Morgan fingerprint density at radius 1 is 1.18 bits per heavy atom. The number of hydrogen-bond donors (Lipinski definition) is 1. The predicted molar refractivity (Wildman–Crippen MR) is 65.0 cm³/mol. The molecule has 0 radical (unpaired) electrons. The summed E-state index contributed by atoms with van der Waals surface area (Å²) in [6, 6.07) is -0.788. The Morgan fingerprint density at radius 3 is 2.12 bits per heavy atom. The Balaban J connectivity index is 4.21. The first kappa shape index (κ1) is 16.6. The second kappa shape index (κ2) is 8.64. The molecule has 0 saturated heterocycles. The summed E-state index contributed by atoms with van der Waals surface area (Å²) in [5, 5.41) is 0. The lowest BCUT2D eigenvalue weighted by Crippen LogP contribution is -2.33. The summed E-state index contributed by atoms with van der Waals surface area (Å²) in [4.78, 5) is 11.3. The van der Waals surface area contributed by atoms with Crippen molar-refractivity contribution in [2.45, 2.75) is 33.2 Å². The van der Waals surface area contributed by atoms with Crippen molar-refractivity contribution < 1.29 is 23.1 Å². The quantitative estimate of drug-likeness (QED) is 0.503. The molecule has 0 saturated carbocycles. The van der Waals surface area contributed by atoms with Crippen LogP contribution in [0.25, 0.3) is 0 Å². The molecule has 0 aromatic rings. The molecule has 0 amide bonds. The van der Waals surface area contributed by atoms with Crippen LogP contribution >= 0.6 is 7.60 Å². The third-order valence-electron chi connectivity index (χ3n) is 1.95. The summed E-state index contributed by atoms with van der Waals surface area (Å²) in [7, 11) is -3.12. The third-order valence-corrected chi connectivity index (χ3v) is 4.06. The number of rotatable bonds is 9. The molecule has 0 aromatic heterocycles. The van der Waals surface area contributed by atoms with Gasteiger partial charge >= 0.3 is 13.6 Å². The lowest BCUT2D eigenvalue weighted by molar-refractivity contribution is -0.144. The van der Waals surface area contributed by atoms with Gasteiger partial charge in [-0.25, -0.2) is 0 Å².